The molecule has 57 heavy (non-hydrogen) atoms. The Hall–Kier alpha value is -1.59. The molecule has 0 bridgehead atoms. The zero-order valence-electron chi connectivity index (χ0n) is 39.0. The van der Waals surface area contributed by atoms with E-state index < -0.39 is 6.10 Å². The molecule has 6 nitrogen and oxygen atoms in total. The van der Waals surface area contributed by atoms with Crippen molar-refractivity contribution in [1.82, 2.24) is 0 Å². The maximum Gasteiger partial charge on any atom is 0.306 e. The van der Waals surface area contributed by atoms with Crippen molar-refractivity contribution in [1.29, 1.82) is 0 Å². The Labute approximate surface area is 355 Å². The van der Waals surface area contributed by atoms with Crippen molar-refractivity contribution in [2.24, 2.45) is 11.8 Å². The summed E-state index contributed by atoms with van der Waals surface area (Å²) in [6.07, 6.45) is 43.9. The normalized spacial score (nSPS) is 12.1. The molecule has 0 fully saturated rings. The molecule has 0 spiro atoms. The molecule has 0 saturated heterocycles. The topological polar surface area (TPSA) is 78.9 Å². The molecule has 0 aliphatic carbocycles. The predicted octanol–water partition coefficient (Wildman–Crippen LogP) is 16.1. The first-order chi connectivity index (χ1) is 27.7. The van der Waals surface area contributed by atoms with E-state index in [0.717, 1.165) is 69.6 Å². The lowest BCUT2D eigenvalue weighted by molar-refractivity contribution is -0.167. The van der Waals surface area contributed by atoms with Gasteiger partial charge in [0.2, 0.25) is 0 Å². The third-order valence-electron chi connectivity index (χ3n) is 11.5. The second-order valence-electron chi connectivity index (χ2n) is 18.4. The zero-order valence-corrected chi connectivity index (χ0v) is 39.0. The second-order valence-corrected chi connectivity index (χ2v) is 18.4. The van der Waals surface area contributed by atoms with Crippen LogP contribution in [0.5, 0.6) is 0 Å². The number of rotatable bonds is 45. The van der Waals surface area contributed by atoms with E-state index in [-0.39, 0.29) is 31.1 Å². The van der Waals surface area contributed by atoms with Gasteiger partial charge in [-0.05, 0) is 31.1 Å². The van der Waals surface area contributed by atoms with Gasteiger partial charge in [0.05, 0.1) is 0 Å². The highest BCUT2D eigenvalue weighted by Crippen LogP contribution is 2.17. The number of ether oxygens (including phenoxy) is 3. The van der Waals surface area contributed by atoms with Crippen LogP contribution in [0, 0.1) is 11.8 Å². The lowest BCUT2D eigenvalue weighted by atomic mass is 10.0. The van der Waals surface area contributed by atoms with E-state index in [0.29, 0.717) is 19.3 Å². The van der Waals surface area contributed by atoms with Crippen molar-refractivity contribution < 1.29 is 28.6 Å². The highest BCUT2D eigenvalue weighted by atomic mass is 16.6. The Bertz CT molecular complexity index is 870. The van der Waals surface area contributed by atoms with Crippen molar-refractivity contribution in [3.8, 4) is 0 Å². The summed E-state index contributed by atoms with van der Waals surface area (Å²) in [6.45, 7) is 11.3. The smallest absolute Gasteiger partial charge is 0.306 e. The van der Waals surface area contributed by atoms with E-state index >= 15 is 0 Å². The molecule has 338 valence electrons. The van der Waals surface area contributed by atoms with Crippen molar-refractivity contribution in [2.75, 3.05) is 13.2 Å². The Morgan fingerprint density at radius 1 is 0.333 bits per heavy atom. The van der Waals surface area contributed by atoms with Crippen LogP contribution < -0.4 is 0 Å². The van der Waals surface area contributed by atoms with Crippen LogP contribution in [0.2, 0.25) is 0 Å². The summed E-state index contributed by atoms with van der Waals surface area (Å²) in [6, 6.07) is 0. The summed E-state index contributed by atoms with van der Waals surface area (Å²) in [5.41, 5.74) is 0. The molecule has 0 aliphatic rings. The zero-order chi connectivity index (χ0) is 41.9. The van der Waals surface area contributed by atoms with Crippen molar-refractivity contribution in [3.63, 3.8) is 0 Å². The van der Waals surface area contributed by atoms with E-state index in [1.54, 1.807) is 0 Å². The molecule has 0 saturated carbocycles. The summed E-state index contributed by atoms with van der Waals surface area (Å²) in [7, 11) is 0. The number of hydrogen-bond donors (Lipinski definition) is 0. The molecule has 0 radical (unpaired) electrons. The van der Waals surface area contributed by atoms with Crippen molar-refractivity contribution >= 4 is 17.9 Å². The van der Waals surface area contributed by atoms with Crippen LogP contribution >= 0.6 is 0 Å². The van der Waals surface area contributed by atoms with Gasteiger partial charge < -0.3 is 14.2 Å². The van der Waals surface area contributed by atoms with Gasteiger partial charge in [0.1, 0.15) is 13.2 Å². The molecular weight excluding hydrogens is 709 g/mol. The van der Waals surface area contributed by atoms with Crippen molar-refractivity contribution in [2.45, 2.75) is 285 Å². The summed E-state index contributed by atoms with van der Waals surface area (Å²) in [5.74, 6) is 0.760. The Morgan fingerprint density at radius 3 is 0.860 bits per heavy atom. The molecular formula is C51H98O6. The van der Waals surface area contributed by atoms with Gasteiger partial charge in [-0.25, -0.2) is 0 Å². The van der Waals surface area contributed by atoms with Gasteiger partial charge in [-0.15, -0.1) is 0 Å². The van der Waals surface area contributed by atoms with Crippen LogP contribution in [0.4, 0.5) is 0 Å². The quantitative estimate of drug-likeness (QED) is 0.0346. The second kappa shape index (κ2) is 44.0. The van der Waals surface area contributed by atoms with Gasteiger partial charge in [0.15, 0.2) is 6.10 Å². The van der Waals surface area contributed by atoms with E-state index in [2.05, 4.69) is 34.6 Å². The van der Waals surface area contributed by atoms with Crippen molar-refractivity contribution in [3.05, 3.63) is 0 Å². The maximum atomic E-state index is 12.8. The minimum Gasteiger partial charge on any atom is -0.462 e. The summed E-state index contributed by atoms with van der Waals surface area (Å²) >= 11 is 0. The molecule has 0 aromatic heterocycles. The largest absolute Gasteiger partial charge is 0.462 e. The molecule has 0 aromatic rings. The van der Waals surface area contributed by atoms with Gasteiger partial charge in [-0.2, -0.15) is 0 Å². The van der Waals surface area contributed by atoms with Gasteiger partial charge >= 0.3 is 17.9 Å². The number of carbonyl (C=O) groups is 3. The lowest BCUT2D eigenvalue weighted by Gasteiger charge is -2.18. The number of esters is 3. The molecule has 0 rings (SSSR count). The van der Waals surface area contributed by atoms with Crippen LogP contribution in [0.25, 0.3) is 0 Å². The Morgan fingerprint density at radius 2 is 0.579 bits per heavy atom. The highest BCUT2D eigenvalue weighted by Gasteiger charge is 2.19. The lowest BCUT2D eigenvalue weighted by Crippen LogP contribution is -2.30. The van der Waals surface area contributed by atoms with Crippen LogP contribution in [0.3, 0.4) is 0 Å². The monoisotopic (exact) mass is 807 g/mol. The number of carbonyl (C=O) groups excluding carboxylic acids is 3. The number of unbranched alkanes of at least 4 members (excludes halogenated alkanes) is 30. The van der Waals surface area contributed by atoms with Gasteiger partial charge in [-0.3, -0.25) is 14.4 Å². The summed E-state index contributed by atoms with van der Waals surface area (Å²) in [5, 5.41) is 0. The molecule has 0 aliphatic heterocycles. The summed E-state index contributed by atoms with van der Waals surface area (Å²) in [4.78, 5) is 37.8. The fourth-order valence-corrected chi connectivity index (χ4v) is 7.64. The molecule has 0 heterocycles. The Kier molecular flexibility index (Phi) is 42.7. The van der Waals surface area contributed by atoms with E-state index in [1.807, 2.05) is 0 Å². The van der Waals surface area contributed by atoms with Crippen LogP contribution in [-0.2, 0) is 28.6 Å². The third-order valence-corrected chi connectivity index (χ3v) is 11.5. The molecule has 0 aromatic carbocycles. The first kappa shape index (κ1) is 55.4. The molecule has 1 atom stereocenters. The van der Waals surface area contributed by atoms with Crippen LogP contribution in [0.1, 0.15) is 279 Å². The highest BCUT2D eigenvalue weighted by molar-refractivity contribution is 5.71. The predicted molar refractivity (Wildman–Crippen MR) is 243 cm³/mol. The average Bonchev–Trinajstić information content (AvgIpc) is 3.18. The molecule has 0 unspecified atom stereocenters. The minimum atomic E-state index is -0.761. The van der Waals surface area contributed by atoms with Crippen LogP contribution in [0.15, 0.2) is 0 Å². The van der Waals surface area contributed by atoms with Gasteiger partial charge in [0.25, 0.3) is 0 Å². The van der Waals surface area contributed by atoms with Gasteiger partial charge in [-0.1, -0.05) is 240 Å². The van der Waals surface area contributed by atoms with Crippen LogP contribution in [-0.4, -0.2) is 37.2 Å². The fourth-order valence-electron chi connectivity index (χ4n) is 7.64. The standard InChI is InChI=1S/C51H98O6/c1-6-7-8-9-10-11-18-22-25-31-36-41-49(52)55-44-48(45-56-50(53)42-37-32-28-27-30-35-40-47(4)5)57-51(54)43-38-33-26-23-20-17-15-13-12-14-16-19-21-24-29-34-39-46(2)3/h46-48H,6-45H2,1-5H3/t48-/m1/s1. The average molecular weight is 807 g/mol. The number of hydrogen-bond acceptors (Lipinski definition) is 6. The first-order valence-electron chi connectivity index (χ1n) is 25.2. The van der Waals surface area contributed by atoms with E-state index in [1.165, 1.54) is 167 Å². The molecule has 0 N–H and O–H groups in total. The summed E-state index contributed by atoms with van der Waals surface area (Å²) < 4.78 is 16.7. The van der Waals surface area contributed by atoms with E-state index in [9.17, 15) is 14.4 Å². The SMILES string of the molecule is CCCCCCCCCCCCCC(=O)OC[C@H](COC(=O)CCCCCCCCC(C)C)OC(=O)CCCCCCCCCCCCCCCCCCC(C)C. The first-order valence-corrected chi connectivity index (χ1v) is 25.2. The maximum absolute atomic E-state index is 12.8. The van der Waals surface area contributed by atoms with E-state index in [4.69, 9.17) is 14.2 Å². The third kappa shape index (κ3) is 45.3. The fraction of sp³-hybridized carbons (Fsp3) is 0.941. The minimum absolute atomic E-state index is 0.0647. The molecule has 6 heteroatoms. The van der Waals surface area contributed by atoms with Gasteiger partial charge in [0, 0.05) is 19.3 Å². The molecule has 0 amide bonds. The Balaban J connectivity index is 4.23.